The maximum Gasteiger partial charge on any atom is 0.169 e. The minimum atomic E-state index is 0.770. The zero-order valence-electron chi connectivity index (χ0n) is 12.0. The Labute approximate surface area is 128 Å². The first-order valence-electron chi connectivity index (χ1n) is 6.80. The van der Waals surface area contributed by atoms with Crippen LogP contribution in [0.15, 0.2) is 71.5 Å². The summed E-state index contributed by atoms with van der Waals surface area (Å²) >= 11 is 0. The second-order valence-electron chi connectivity index (χ2n) is 4.62. The van der Waals surface area contributed by atoms with Gasteiger partial charge in [-0.1, -0.05) is 10.3 Å². The van der Waals surface area contributed by atoms with E-state index in [9.17, 15) is 0 Å². The lowest BCUT2D eigenvalue weighted by molar-refractivity contribution is -0.691. The minimum Gasteiger partial charge on any atom is -0.411 e. The molecular weight excluding hydrogens is 280 g/mol. The maximum absolute atomic E-state index is 8.45. The van der Waals surface area contributed by atoms with Crippen molar-refractivity contribution in [3.63, 3.8) is 0 Å². The van der Waals surface area contributed by atoms with Gasteiger partial charge in [0.2, 0.25) is 0 Å². The molecule has 0 atom stereocenters. The lowest BCUT2D eigenvalue weighted by Gasteiger charge is -1.94. The van der Waals surface area contributed by atoms with Gasteiger partial charge in [-0.25, -0.2) is 9.13 Å². The van der Waals surface area contributed by atoms with Gasteiger partial charge in [-0.3, -0.25) is 0 Å². The molecule has 2 aromatic rings. The fourth-order valence-corrected chi connectivity index (χ4v) is 1.88. The van der Waals surface area contributed by atoms with E-state index in [0.29, 0.717) is 0 Å². The summed E-state index contributed by atoms with van der Waals surface area (Å²) in [5, 5.41) is 22.9. The molecule has 2 N–H and O–H groups in total. The molecule has 0 aliphatic rings. The van der Waals surface area contributed by atoms with E-state index in [1.54, 1.807) is 0 Å². The van der Waals surface area contributed by atoms with Crippen LogP contribution in [0, 0.1) is 0 Å². The Balaban J connectivity index is 1.84. The van der Waals surface area contributed by atoms with E-state index in [-0.39, 0.29) is 0 Å². The zero-order chi connectivity index (χ0) is 15.6. The number of hydrogen-bond donors (Lipinski definition) is 2. The van der Waals surface area contributed by atoms with Crippen molar-refractivity contribution in [2.24, 2.45) is 10.3 Å². The van der Waals surface area contributed by atoms with Gasteiger partial charge in [-0.2, -0.15) is 0 Å². The molecule has 0 bridgehead atoms. The van der Waals surface area contributed by atoms with Crippen LogP contribution in [0.4, 0.5) is 0 Å². The van der Waals surface area contributed by atoms with Gasteiger partial charge in [0, 0.05) is 35.4 Å². The van der Waals surface area contributed by atoms with Crippen molar-refractivity contribution in [3.05, 3.63) is 72.3 Å². The quantitative estimate of drug-likeness (QED) is 0.276. The third-order valence-electron chi connectivity index (χ3n) is 3.05. The van der Waals surface area contributed by atoms with Crippen LogP contribution in [0.1, 0.15) is 11.1 Å². The molecule has 0 radical (unpaired) electrons. The Hall–Kier alpha value is -3.02. The van der Waals surface area contributed by atoms with Gasteiger partial charge < -0.3 is 10.4 Å². The second-order valence-corrected chi connectivity index (χ2v) is 4.62. The summed E-state index contributed by atoms with van der Waals surface area (Å²) < 4.78 is 4.05. The first-order chi connectivity index (χ1) is 10.8. The van der Waals surface area contributed by atoms with Crippen LogP contribution >= 0.6 is 0 Å². The third kappa shape index (κ3) is 4.82. The van der Waals surface area contributed by atoms with Gasteiger partial charge in [0.05, 0.1) is 12.4 Å². The predicted molar refractivity (Wildman–Crippen MR) is 81.2 cm³/mol. The normalized spacial score (nSPS) is 11.8. The smallest absolute Gasteiger partial charge is 0.169 e. The Kier molecular flexibility index (Phi) is 5.80. The van der Waals surface area contributed by atoms with Crippen LogP contribution in [-0.2, 0) is 13.1 Å². The van der Waals surface area contributed by atoms with E-state index in [4.69, 9.17) is 10.4 Å². The van der Waals surface area contributed by atoms with Gasteiger partial charge in [0.1, 0.15) is 0 Å². The third-order valence-corrected chi connectivity index (χ3v) is 3.05. The molecule has 2 heterocycles. The molecule has 112 valence electrons. The molecule has 0 aliphatic heterocycles. The lowest BCUT2D eigenvalue weighted by atomic mass is 10.3. The van der Waals surface area contributed by atoms with E-state index in [1.165, 1.54) is 12.4 Å². The first kappa shape index (κ1) is 15.4. The van der Waals surface area contributed by atoms with E-state index in [2.05, 4.69) is 22.5 Å². The Bertz CT molecular complexity index is 602. The van der Waals surface area contributed by atoms with Crippen molar-refractivity contribution in [1.29, 1.82) is 0 Å². The highest BCUT2D eigenvalue weighted by molar-refractivity contribution is 5.78. The fourth-order valence-electron chi connectivity index (χ4n) is 1.88. The molecule has 6 nitrogen and oxygen atoms in total. The minimum absolute atomic E-state index is 0.770. The van der Waals surface area contributed by atoms with Crippen molar-refractivity contribution in [2.75, 3.05) is 0 Å². The van der Waals surface area contributed by atoms with Gasteiger partial charge in [0.25, 0.3) is 0 Å². The van der Waals surface area contributed by atoms with Crippen molar-refractivity contribution < 1.29 is 19.5 Å². The fraction of sp³-hybridized carbons (Fsp3) is 0.125. The summed E-state index contributed by atoms with van der Waals surface area (Å²) in [7, 11) is 0. The number of nitrogens with zero attached hydrogens (tertiary/aromatic N) is 4. The van der Waals surface area contributed by atoms with Crippen molar-refractivity contribution in [3.8, 4) is 0 Å². The number of rotatable bonds is 6. The second kappa shape index (κ2) is 8.31. The average molecular weight is 298 g/mol. The molecule has 0 saturated heterocycles. The van der Waals surface area contributed by atoms with E-state index < -0.39 is 0 Å². The monoisotopic (exact) mass is 298 g/mol. The van der Waals surface area contributed by atoms with Crippen molar-refractivity contribution in [2.45, 2.75) is 13.1 Å². The molecule has 0 amide bonds. The SMILES string of the molecule is O/N=C/c1cc[n+](C/C=C/C[n+]2ccc(/C=N/O)cc2)cc1. The summed E-state index contributed by atoms with van der Waals surface area (Å²) in [4.78, 5) is 0. The largest absolute Gasteiger partial charge is 0.411 e. The summed E-state index contributed by atoms with van der Waals surface area (Å²) in [6, 6.07) is 7.51. The average Bonchev–Trinajstić information content (AvgIpc) is 2.55. The number of hydrogen-bond acceptors (Lipinski definition) is 4. The summed E-state index contributed by atoms with van der Waals surface area (Å²) in [6.07, 6.45) is 14.7. The van der Waals surface area contributed by atoms with E-state index in [0.717, 1.165) is 24.2 Å². The Morgan fingerprint density at radius 3 is 1.41 bits per heavy atom. The molecule has 0 spiro atoms. The van der Waals surface area contributed by atoms with Crippen molar-refractivity contribution in [1.82, 2.24) is 0 Å². The van der Waals surface area contributed by atoms with Crippen LogP contribution in [0.25, 0.3) is 0 Å². The number of oxime groups is 2. The van der Waals surface area contributed by atoms with Crippen LogP contribution in [0.2, 0.25) is 0 Å². The van der Waals surface area contributed by atoms with Gasteiger partial charge in [-0.15, -0.1) is 0 Å². The van der Waals surface area contributed by atoms with Gasteiger partial charge >= 0.3 is 0 Å². The highest BCUT2D eigenvalue weighted by atomic mass is 16.4. The molecule has 22 heavy (non-hydrogen) atoms. The molecule has 0 saturated carbocycles. The molecule has 2 aromatic heterocycles. The van der Waals surface area contributed by atoms with Crippen LogP contribution in [0.5, 0.6) is 0 Å². The van der Waals surface area contributed by atoms with Crippen LogP contribution in [-0.4, -0.2) is 22.8 Å². The van der Waals surface area contributed by atoms with Gasteiger partial charge in [-0.05, 0) is 12.2 Å². The van der Waals surface area contributed by atoms with Gasteiger partial charge in [0.15, 0.2) is 37.9 Å². The topological polar surface area (TPSA) is 72.9 Å². The number of allylic oxidation sites excluding steroid dienone is 2. The summed E-state index contributed by atoms with van der Waals surface area (Å²) in [5.41, 5.74) is 1.70. The molecule has 2 rings (SSSR count). The van der Waals surface area contributed by atoms with Crippen molar-refractivity contribution >= 4 is 12.4 Å². The van der Waals surface area contributed by atoms with E-state index >= 15 is 0 Å². The van der Waals surface area contributed by atoms with Crippen LogP contribution < -0.4 is 9.13 Å². The maximum atomic E-state index is 8.45. The Morgan fingerprint density at radius 1 is 0.727 bits per heavy atom. The van der Waals surface area contributed by atoms with Crippen LogP contribution in [0.3, 0.4) is 0 Å². The van der Waals surface area contributed by atoms with E-state index in [1.807, 2.05) is 58.2 Å². The number of pyridine rings is 2. The molecule has 0 aromatic carbocycles. The predicted octanol–water partition coefficient (Wildman–Crippen LogP) is 1.13. The summed E-state index contributed by atoms with van der Waals surface area (Å²) in [5.74, 6) is 0. The lowest BCUT2D eigenvalue weighted by Crippen LogP contribution is -2.33. The summed E-state index contributed by atoms with van der Waals surface area (Å²) in [6.45, 7) is 1.54. The molecule has 0 fully saturated rings. The molecule has 6 heteroatoms. The standard InChI is InChI=1S/C16H16N4O2/c21-17-13-15-3-9-19(10-4-15)7-1-2-8-20-11-5-16(6-12-20)14-18-22/h1-6,9-14H,7-8H2/p+2/b2-1+. The highest BCUT2D eigenvalue weighted by Crippen LogP contribution is 1.91. The number of aromatic nitrogens is 2. The Morgan fingerprint density at radius 2 is 1.09 bits per heavy atom. The zero-order valence-corrected chi connectivity index (χ0v) is 12.0. The first-order valence-corrected chi connectivity index (χ1v) is 6.80. The molecule has 0 aliphatic carbocycles. The molecular formula is C16H18N4O2+2. The highest BCUT2D eigenvalue weighted by Gasteiger charge is 1.99. The molecule has 0 unspecified atom stereocenters.